The zero-order valence-corrected chi connectivity index (χ0v) is 6.69. The summed E-state index contributed by atoms with van der Waals surface area (Å²) in [5.41, 5.74) is 0.196. The van der Waals surface area contributed by atoms with E-state index in [-0.39, 0.29) is 5.69 Å². The van der Waals surface area contributed by atoms with Crippen molar-refractivity contribution in [3.05, 3.63) is 22.3 Å². The first-order chi connectivity index (χ1) is 6.27. The van der Waals surface area contributed by atoms with Crippen molar-refractivity contribution in [1.82, 2.24) is 9.65 Å². The Kier molecular flexibility index (Phi) is 1.61. The summed E-state index contributed by atoms with van der Waals surface area (Å²) in [6.45, 7) is 0. The Morgan fingerprint density at radius 1 is 1.38 bits per heavy atom. The minimum Gasteiger partial charge on any atom is -0.477 e. The lowest BCUT2D eigenvalue weighted by Crippen LogP contribution is -2.21. The second-order valence-corrected chi connectivity index (χ2v) is 2.64. The molecule has 4 nitrogen and oxygen atoms in total. The fraction of sp³-hybridized carbons (Fsp3) is 0. The molecule has 64 valence electrons. The van der Waals surface area contributed by atoms with Gasteiger partial charge in [-0.2, -0.15) is 0 Å². The van der Waals surface area contributed by atoms with Crippen LogP contribution in [-0.2, 0) is 0 Å². The molecule has 2 rings (SSSR count). The van der Waals surface area contributed by atoms with Gasteiger partial charge in [-0.1, -0.05) is 0 Å². The van der Waals surface area contributed by atoms with E-state index in [2.05, 4.69) is 9.65 Å². The molecule has 0 saturated carbocycles. The average Bonchev–Trinajstić information content (AvgIpc) is 2.38. The summed E-state index contributed by atoms with van der Waals surface area (Å²) in [6.07, 6.45) is 6.74. The van der Waals surface area contributed by atoms with Crippen LogP contribution in [-0.4, -0.2) is 28.5 Å². The fourth-order valence-electron chi connectivity index (χ4n) is 1.17. The molecule has 0 aliphatic carbocycles. The number of carboxylic acids is 1. The van der Waals surface area contributed by atoms with E-state index in [4.69, 9.17) is 5.11 Å². The van der Waals surface area contributed by atoms with Gasteiger partial charge >= 0.3 is 5.97 Å². The molecule has 0 radical (unpaired) electrons. The van der Waals surface area contributed by atoms with Crippen LogP contribution in [0.4, 0.5) is 0 Å². The number of fused-ring (bicyclic) bond motifs is 1. The fourth-order valence-corrected chi connectivity index (χ4v) is 1.17. The van der Waals surface area contributed by atoms with E-state index in [1.54, 1.807) is 30.6 Å². The topological polar surface area (TPSA) is 67.2 Å². The van der Waals surface area contributed by atoms with Crippen molar-refractivity contribution >= 4 is 30.6 Å². The van der Waals surface area contributed by atoms with Crippen molar-refractivity contribution < 1.29 is 9.90 Å². The van der Waals surface area contributed by atoms with Gasteiger partial charge in [-0.25, -0.2) is 4.79 Å². The number of H-pyrrole nitrogens is 1. The van der Waals surface area contributed by atoms with Crippen molar-refractivity contribution in [3.8, 4) is 0 Å². The summed E-state index contributed by atoms with van der Waals surface area (Å²) in [4.78, 5) is 13.4. The Hall–Kier alpha value is -2.06. The molecule has 0 fully saturated rings. The average molecular weight is 175 g/mol. The summed E-state index contributed by atoms with van der Waals surface area (Å²) in [5.74, 6) is -0.952. The molecule has 1 aromatic rings. The smallest absolute Gasteiger partial charge is 0.352 e. The number of carboxylic acid groups (broad SMARTS) is 1. The second kappa shape index (κ2) is 2.77. The molecule has 0 saturated heterocycles. The standard InChI is InChI=1S/C9H6N2O2/c12-9(13)8-5-6-1-3-10-4-2-7(6)11-8/h1-5H,(H,12,13)/p+1. The Labute approximate surface area is 73.3 Å². The van der Waals surface area contributed by atoms with Crippen molar-refractivity contribution in [2.75, 3.05) is 0 Å². The van der Waals surface area contributed by atoms with Crippen LogP contribution in [0.2, 0.25) is 0 Å². The number of aromatic amines is 1. The molecule has 0 spiro atoms. The third-order valence-corrected chi connectivity index (χ3v) is 1.78. The van der Waals surface area contributed by atoms with E-state index < -0.39 is 5.97 Å². The monoisotopic (exact) mass is 175 g/mol. The maximum Gasteiger partial charge on any atom is 0.352 e. The predicted octanol–water partition coefficient (Wildman–Crippen LogP) is -1.50. The molecule has 0 aromatic carbocycles. The minimum atomic E-state index is -0.952. The highest BCUT2D eigenvalue weighted by Gasteiger charge is 2.05. The summed E-state index contributed by atoms with van der Waals surface area (Å²) in [5, 5.41) is 10.3. The quantitative estimate of drug-likeness (QED) is 0.510. The van der Waals surface area contributed by atoms with Crippen LogP contribution in [0, 0.1) is 0 Å². The Balaban J connectivity index is 2.73. The molecule has 1 aliphatic rings. The van der Waals surface area contributed by atoms with E-state index in [9.17, 15) is 4.79 Å². The van der Waals surface area contributed by atoms with Crippen molar-refractivity contribution in [2.45, 2.75) is 0 Å². The highest BCUT2D eigenvalue weighted by atomic mass is 16.4. The Bertz CT molecular complexity index is 493. The van der Waals surface area contributed by atoms with Crippen LogP contribution < -0.4 is 15.2 Å². The van der Waals surface area contributed by atoms with E-state index >= 15 is 0 Å². The first-order valence-electron chi connectivity index (χ1n) is 3.77. The van der Waals surface area contributed by atoms with Crippen molar-refractivity contribution in [3.63, 3.8) is 0 Å². The second-order valence-electron chi connectivity index (χ2n) is 2.64. The summed E-state index contributed by atoms with van der Waals surface area (Å²) < 4.78 is 3.90. The number of rotatable bonds is 1. The molecule has 0 amide bonds. The molecule has 4 heteroatoms. The third kappa shape index (κ3) is 1.30. The number of nitrogens with one attached hydrogen (secondary N) is 1. The van der Waals surface area contributed by atoms with Gasteiger partial charge in [0.05, 0.1) is 5.35 Å². The number of aromatic nitrogens is 1. The van der Waals surface area contributed by atoms with E-state index in [0.717, 1.165) is 10.6 Å². The number of hydrogen-bond acceptors (Lipinski definition) is 1. The van der Waals surface area contributed by atoms with Gasteiger partial charge in [0.1, 0.15) is 5.69 Å². The van der Waals surface area contributed by atoms with Crippen LogP contribution in [0.15, 0.2) is 6.07 Å². The summed E-state index contributed by atoms with van der Waals surface area (Å²) in [7, 11) is 0. The molecular formula is C9H7N2O2+. The Morgan fingerprint density at radius 3 is 2.92 bits per heavy atom. The zero-order valence-electron chi connectivity index (χ0n) is 6.69. The van der Waals surface area contributed by atoms with E-state index in [0.29, 0.717) is 0 Å². The number of hydrogen-bond donors (Lipinski definition) is 2. The van der Waals surface area contributed by atoms with Crippen LogP contribution >= 0.6 is 0 Å². The van der Waals surface area contributed by atoms with Gasteiger partial charge in [-0.3, -0.25) is 0 Å². The summed E-state index contributed by atoms with van der Waals surface area (Å²) >= 11 is 0. The van der Waals surface area contributed by atoms with Gasteiger partial charge in [0.2, 0.25) is 0 Å². The maximum atomic E-state index is 10.6. The lowest BCUT2D eigenvalue weighted by Gasteiger charge is -1.81. The van der Waals surface area contributed by atoms with Gasteiger partial charge in [0.15, 0.2) is 0 Å². The number of aromatic carboxylic acids is 1. The van der Waals surface area contributed by atoms with Crippen LogP contribution in [0.5, 0.6) is 0 Å². The molecule has 1 aliphatic heterocycles. The molecule has 13 heavy (non-hydrogen) atoms. The lowest BCUT2D eigenvalue weighted by atomic mass is 10.3. The Morgan fingerprint density at radius 2 is 2.15 bits per heavy atom. The highest BCUT2D eigenvalue weighted by molar-refractivity contribution is 5.99. The minimum absolute atomic E-state index is 0.196. The van der Waals surface area contributed by atoms with Crippen LogP contribution in [0.25, 0.3) is 12.2 Å². The van der Waals surface area contributed by atoms with Crippen molar-refractivity contribution in [1.29, 1.82) is 0 Å². The molecule has 2 heterocycles. The zero-order chi connectivity index (χ0) is 9.26. The number of nitrogens with zero attached hydrogens (tertiary/aromatic N) is 1. The maximum absolute atomic E-state index is 10.6. The summed E-state index contributed by atoms with van der Waals surface area (Å²) in [6, 6.07) is 1.58. The molecule has 0 unspecified atom stereocenters. The lowest BCUT2D eigenvalue weighted by molar-refractivity contribution is 0.0691. The van der Waals surface area contributed by atoms with Gasteiger partial charge in [-0.05, 0) is 6.07 Å². The predicted molar refractivity (Wildman–Crippen MR) is 50.2 cm³/mol. The molecule has 0 bridgehead atoms. The van der Waals surface area contributed by atoms with Gasteiger partial charge < -0.3 is 10.1 Å². The molecule has 0 atom stereocenters. The van der Waals surface area contributed by atoms with Crippen LogP contribution in [0.3, 0.4) is 0 Å². The van der Waals surface area contributed by atoms with E-state index in [1.165, 1.54) is 0 Å². The van der Waals surface area contributed by atoms with E-state index in [1.807, 2.05) is 0 Å². The number of carbonyl (C=O) groups is 1. The molecule has 2 N–H and O–H groups in total. The highest BCUT2D eigenvalue weighted by Crippen LogP contribution is 1.84. The van der Waals surface area contributed by atoms with Gasteiger partial charge in [0, 0.05) is 17.4 Å². The molecule has 1 aromatic heterocycles. The first-order valence-corrected chi connectivity index (χ1v) is 3.77. The van der Waals surface area contributed by atoms with Crippen molar-refractivity contribution in [2.24, 2.45) is 0 Å². The SMILES string of the molecule is O=C(O)c1cc2c([nH]1)=CC=[N+]=CC=2. The van der Waals surface area contributed by atoms with Gasteiger partial charge in [0.25, 0.3) is 12.4 Å². The normalized spacial score (nSPS) is 12.6. The molecular weight excluding hydrogens is 168 g/mol. The largest absolute Gasteiger partial charge is 0.477 e. The first kappa shape index (κ1) is 7.58. The van der Waals surface area contributed by atoms with Gasteiger partial charge in [-0.15, -0.1) is 4.67 Å². The third-order valence-electron chi connectivity index (χ3n) is 1.78. The van der Waals surface area contributed by atoms with Crippen LogP contribution in [0.1, 0.15) is 10.5 Å².